The minimum atomic E-state index is -0.0971. The molecule has 1 saturated heterocycles. The van der Waals surface area contributed by atoms with Gasteiger partial charge in [-0.15, -0.1) is 0 Å². The number of nitrogens with one attached hydrogen (secondary N) is 1. The second kappa shape index (κ2) is 5.93. The molecule has 1 fully saturated rings. The fourth-order valence-corrected chi connectivity index (χ4v) is 2.40. The molecule has 5 heteroatoms. The summed E-state index contributed by atoms with van der Waals surface area (Å²) < 4.78 is 5.11. The number of amides is 1. The van der Waals surface area contributed by atoms with Crippen LogP contribution in [-0.4, -0.2) is 44.6 Å². The molecule has 1 aliphatic heterocycles. The van der Waals surface area contributed by atoms with Crippen LogP contribution in [-0.2, 0) is 0 Å². The van der Waals surface area contributed by atoms with Gasteiger partial charge in [-0.25, -0.2) is 0 Å². The lowest BCUT2D eigenvalue weighted by molar-refractivity contribution is 0.0947. The lowest BCUT2D eigenvalue weighted by atomic mass is 10.1. The number of ether oxygens (including phenoxy) is 1. The molecular formula is C14H21N3O2. The zero-order valence-corrected chi connectivity index (χ0v) is 11.5. The topological polar surface area (TPSA) is 67.6 Å². The number of benzene rings is 1. The van der Waals surface area contributed by atoms with Gasteiger partial charge in [-0.1, -0.05) is 0 Å². The minimum Gasteiger partial charge on any atom is -0.497 e. The largest absolute Gasteiger partial charge is 0.497 e. The van der Waals surface area contributed by atoms with E-state index in [1.165, 1.54) is 0 Å². The molecule has 1 unspecified atom stereocenters. The van der Waals surface area contributed by atoms with Crippen LogP contribution in [0.2, 0.25) is 0 Å². The van der Waals surface area contributed by atoms with Crippen molar-refractivity contribution in [2.24, 2.45) is 5.92 Å². The zero-order chi connectivity index (χ0) is 13.8. The Morgan fingerprint density at radius 1 is 1.53 bits per heavy atom. The van der Waals surface area contributed by atoms with Crippen molar-refractivity contribution in [3.63, 3.8) is 0 Å². The highest BCUT2D eigenvalue weighted by atomic mass is 16.5. The van der Waals surface area contributed by atoms with Crippen LogP contribution >= 0.6 is 0 Å². The Morgan fingerprint density at radius 2 is 2.32 bits per heavy atom. The molecule has 2 rings (SSSR count). The van der Waals surface area contributed by atoms with Crippen LogP contribution < -0.4 is 15.8 Å². The van der Waals surface area contributed by atoms with E-state index in [4.69, 9.17) is 10.5 Å². The second-order valence-corrected chi connectivity index (χ2v) is 5.12. The van der Waals surface area contributed by atoms with Crippen molar-refractivity contribution in [1.82, 2.24) is 10.2 Å². The predicted octanol–water partition coefficient (Wildman–Crippen LogP) is 0.959. The van der Waals surface area contributed by atoms with Crippen LogP contribution in [0.4, 0.5) is 5.69 Å². The number of nitrogen functional groups attached to an aromatic ring is 1. The summed E-state index contributed by atoms with van der Waals surface area (Å²) in [5, 5.41) is 2.96. The van der Waals surface area contributed by atoms with Crippen LogP contribution in [0.3, 0.4) is 0 Å². The molecule has 1 heterocycles. The van der Waals surface area contributed by atoms with E-state index >= 15 is 0 Å². The molecule has 1 aliphatic rings. The van der Waals surface area contributed by atoms with E-state index in [-0.39, 0.29) is 5.91 Å². The first-order valence-corrected chi connectivity index (χ1v) is 6.50. The van der Waals surface area contributed by atoms with Crippen molar-refractivity contribution in [1.29, 1.82) is 0 Å². The molecule has 0 saturated carbocycles. The van der Waals surface area contributed by atoms with Crippen molar-refractivity contribution in [3.05, 3.63) is 23.8 Å². The number of likely N-dealkylation sites (tertiary alicyclic amines) is 1. The standard InChI is InChI=1S/C14H21N3O2/c1-17-4-3-10(9-17)8-16-14(18)11-5-12(15)7-13(6-11)19-2/h5-7,10H,3-4,8-9,15H2,1-2H3,(H,16,18). The van der Waals surface area contributed by atoms with E-state index in [1.807, 2.05) is 0 Å². The molecule has 0 bridgehead atoms. The number of nitrogens with two attached hydrogens (primary N) is 1. The Labute approximate surface area is 113 Å². The summed E-state index contributed by atoms with van der Waals surface area (Å²) in [7, 11) is 3.66. The molecule has 19 heavy (non-hydrogen) atoms. The summed E-state index contributed by atoms with van der Waals surface area (Å²) in [6.45, 7) is 2.85. The molecule has 3 N–H and O–H groups in total. The van der Waals surface area contributed by atoms with Gasteiger partial charge in [0.05, 0.1) is 7.11 Å². The number of methoxy groups -OCH3 is 1. The quantitative estimate of drug-likeness (QED) is 0.794. The van der Waals surface area contributed by atoms with Crippen LogP contribution in [0.25, 0.3) is 0 Å². The van der Waals surface area contributed by atoms with E-state index in [0.29, 0.717) is 29.5 Å². The number of anilines is 1. The van der Waals surface area contributed by atoms with Crippen molar-refractivity contribution >= 4 is 11.6 Å². The Kier molecular flexibility index (Phi) is 4.27. The lowest BCUT2D eigenvalue weighted by Gasteiger charge is -2.12. The van der Waals surface area contributed by atoms with Crippen LogP contribution in [0, 0.1) is 5.92 Å². The van der Waals surface area contributed by atoms with Crippen molar-refractivity contribution in [2.75, 3.05) is 39.5 Å². The summed E-state index contributed by atoms with van der Waals surface area (Å²) in [6.07, 6.45) is 1.14. The third kappa shape index (κ3) is 3.61. The van der Waals surface area contributed by atoms with E-state index in [9.17, 15) is 4.79 Å². The Morgan fingerprint density at radius 3 is 2.95 bits per heavy atom. The van der Waals surface area contributed by atoms with Gasteiger partial charge < -0.3 is 20.7 Å². The highest BCUT2D eigenvalue weighted by Crippen LogP contribution is 2.19. The molecule has 0 aromatic heterocycles. The smallest absolute Gasteiger partial charge is 0.251 e. The predicted molar refractivity (Wildman–Crippen MR) is 75.3 cm³/mol. The molecule has 1 aromatic carbocycles. The second-order valence-electron chi connectivity index (χ2n) is 5.12. The van der Waals surface area contributed by atoms with Gasteiger partial charge in [0, 0.05) is 30.4 Å². The normalized spacial score (nSPS) is 19.4. The SMILES string of the molecule is COc1cc(N)cc(C(=O)NCC2CCN(C)C2)c1. The van der Waals surface area contributed by atoms with Gasteiger partial charge in [0.1, 0.15) is 5.75 Å². The maximum absolute atomic E-state index is 12.1. The summed E-state index contributed by atoms with van der Waals surface area (Å²) in [5.41, 5.74) is 6.82. The first-order chi connectivity index (χ1) is 9.08. The van der Waals surface area contributed by atoms with Crippen LogP contribution in [0.5, 0.6) is 5.75 Å². The van der Waals surface area contributed by atoms with E-state index in [1.54, 1.807) is 25.3 Å². The molecule has 0 spiro atoms. The number of hydrogen-bond acceptors (Lipinski definition) is 4. The average Bonchev–Trinajstić information content (AvgIpc) is 2.81. The Hall–Kier alpha value is -1.75. The lowest BCUT2D eigenvalue weighted by Crippen LogP contribution is -2.30. The third-order valence-electron chi connectivity index (χ3n) is 3.47. The molecule has 5 nitrogen and oxygen atoms in total. The average molecular weight is 263 g/mol. The molecular weight excluding hydrogens is 242 g/mol. The van der Waals surface area contributed by atoms with E-state index in [2.05, 4.69) is 17.3 Å². The van der Waals surface area contributed by atoms with Crippen molar-refractivity contribution in [3.8, 4) is 5.75 Å². The zero-order valence-electron chi connectivity index (χ0n) is 11.5. The van der Waals surface area contributed by atoms with Crippen molar-refractivity contribution in [2.45, 2.75) is 6.42 Å². The van der Waals surface area contributed by atoms with Gasteiger partial charge in [-0.05, 0) is 38.1 Å². The number of carbonyl (C=O) groups is 1. The van der Waals surface area contributed by atoms with Gasteiger partial charge in [-0.3, -0.25) is 4.79 Å². The number of hydrogen-bond donors (Lipinski definition) is 2. The molecule has 0 aliphatic carbocycles. The van der Waals surface area contributed by atoms with Gasteiger partial charge >= 0.3 is 0 Å². The number of carbonyl (C=O) groups excluding carboxylic acids is 1. The number of rotatable bonds is 4. The molecule has 1 amide bonds. The van der Waals surface area contributed by atoms with Crippen LogP contribution in [0.1, 0.15) is 16.8 Å². The molecule has 1 atom stereocenters. The summed E-state index contributed by atoms with van der Waals surface area (Å²) in [6, 6.07) is 5.06. The maximum atomic E-state index is 12.1. The maximum Gasteiger partial charge on any atom is 0.251 e. The van der Waals surface area contributed by atoms with E-state index in [0.717, 1.165) is 19.5 Å². The Bertz CT molecular complexity index is 462. The monoisotopic (exact) mass is 263 g/mol. The molecule has 1 aromatic rings. The fourth-order valence-electron chi connectivity index (χ4n) is 2.40. The first kappa shape index (κ1) is 13.7. The van der Waals surface area contributed by atoms with Crippen molar-refractivity contribution < 1.29 is 9.53 Å². The van der Waals surface area contributed by atoms with E-state index < -0.39 is 0 Å². The highest BCUT2D eigenvalue weighted by Gasteiger charge is 2.20. The minimum absolute atomic E-state index is 0.0971. The molecule has 0 radical (unpaired) electrons. The highest BCUT2D eigenvalue weighted by molar-refractivity contribution is 5.95. The van der Waals surface area contributed by atoms with Gasteiger partial charge in [0.2, 0.25) is 0 Å². The summed E-state index contributed by atoms with van der Waals surface area (Å²) >= 11 is 0. The van der Waals surface area contributed by atoms with Crippen LogP contribution in [0.15, 0.2) is 18.2 Å². The van der Waals surface area contributed by atoms with Gasteiger partial charge in [-0.2, -0.15) is 0 Å². The van der Waals surface area contributed by atoms with Gasteiger partial charge in [0.25, 0.3) is 5.91 Å². The fraction of sp³-hybridized carbons (Fsp3) is 0.500. The summed E-state index contributed by atoms with van der Waals surface area (Å²) in [4.78, 5) is 14.3. The summed E-state index contributed by atoms with van der Waals surface area (Å²) in [5.74, 6) is 1.04. The third-order valence-corrected chi connectivity index (χ3v) is 3.47. The number of nitrogens with zero attached hydrogens (tertiary/aromatic N) is 1. The van der Waals surface area contributed by atoms with Gasteiger partial charge in [0.15, 0.2) is 0 Å². The first-order valence-electron chi connectivity index (χ1n) is 6.50. The molecule has 104 valence electrons. The Balaban J connectivity index is 1.94.